The van der Waals surface area contributed by atoms with Crippen molar-refractivity contribution in [1.29, 1.82) is 0 Å². The van der Waals surface area contributed by atoms with Gasteiger partial charge in [0.25, 0.3) is 11.6 Å². The molecule has 1 N–H and O–H groups in total. The van der Waals surface area contributed by atoms with Gasteiger partial charge in [-0.05, 0) is 34.5 Å². The third-order valence-electron chi connectivity index (χ3n) is 3.59. The van der Waals surface area contributed by atoms with E-state index in [0.29, 0.717) is 5.75 Å². The number of hydrazone groups is 1. The predicted molar refractivity (Wildman–Crippen MR) is 98.3 cm³/mol. The molecule has 0 aliphatic rings. The van der Waals surface area contributed by atoms with Crippen molar-refractivity contribution in [3.05, 3.63) is 82.4 Å². The first kappa shape index (κ1) is 17.1. The number of hydrogen-bond donors (Lipinski definition) is 1. The van der Waals surface area contributed by atoms with Crippen molar-refractivity contribution in [2.75, 3.05) is 6.61 Å². The van der Waals surface area contributed by atoms with Gasteiger partial charge in [0, 0.05) is 12.1 Å². The molecule has 0 aliphatic carbocycles. The van der Waals surface area contributed by atoms with E-state index in [9.17, 15) is 14.9 Å². The van der Waals surface area contributed by atoms with Crippen LogP contribution in [-0.4, -0.2) is 23.7 Å². The summed E-state index contributed by atoms with van der Waals surface area (Å²) in [7, 11) is 0. The molecule has 0 radical (unpaired) electrons. The normalized spacial score (nSPS) is 10.8. The largest absolute Gasteiger partial charge is 0.484 e. The second-order valence-corrected chi connectivity index (χ2v) is 5.44. The smallest absolute Gasteiger partial charge is 0.277 e. The van der Waals surface area contributed by atoms with Crippen molar-refractivity contribution < 1.29 is 14.5 Å². The summed E-state index contributed by atoms with van der Waals surface area (Å²) in [6.07, 6.45) is 1.55. The van der Waals surface area contributed by atoms with Gasteiger partial charge >= 0.3 is 0 Å². The van der Waals surface area contributed by atoms with Gasteiger partial charge in [-0.15, -0.1) is 0 Å². The average Bonchev–Trinajstić information content (AvgIpc) is 2.66. The number of ether oxygens (including phenoxy) is 1. The highest BCUT2D eigenvalue weighted by molar-refractivity contribution is 5.90. The van der Waals surface area contributed by atoms with Crippen LogP contribution in [0.4, 0.5) is 5.69 Å². The summed E-state index contributed by atoms with van der Waals surface area (Å²) >= 11 is 0. The molecule has 0 aliphatic heterocycles. The molecule has 0 atom stereocenters. The fourth-order valence-electron chi connectivity index (χ4n) is 2.31. The zero-order chi connectivity index (χ0) is 18.4. The summed E-state index contributed by atoms with van der Waals surface area (Å²) in [6.45, 7) is -0.243. The molecule has 0 saturated heterocycles. The number of hydrogen-bond acceptors (Lipinski definition) is 5. The highest BCUT2D eigenvalue weighted by atomic mass is 16.6. The van der Waals surface area contributed by atoms with Gasteiger partial charge in [-0.3, -0.25) is 14.9 Å². The molecular weight excluding hydrogens is 334 g/mol. The number of carbonyl (C=O) groups excluding carboxylic acids is 1. The SMILES string of the molecule is O=C(COc1ccc([N+](=O)[O-])cc1)N/N=C\c1ccc2ccccc2c1. The van der Waals surface area contributed by atoms with Crippen LogP contribution >= 0.6 is 0 Å². The van der Waals surface area contributed by atoms with Crippen LogP contribution in [0.5, 0.6) is 5.75 Å². The molecule has 3 rings (SSSR count). The summed E-state index contributed by atoms with van der Waals surface area (Å²) in [4.78, 5) is 21.8. The van der Waals surface area contributed by atoms with Crippen molar-refractivity contribution >= 4 is 28.6 Å². The lowest BCUT2D eigenvalue weighted by Crippen LogP contribution is -2.24. The highest BCUT2D eigenvalue weighted by Crippen LogP contribution is 2.17. The highest BCUT2D eigenvalue weighted by Gasteiger charge is 2.06. The molecule has 0 saturated carbocycles. The second-order valence-electron chi connectivity index (χ2n) is 5.44. The number of fused-ring (bicyclic) bond motifs is 1. The fourth-order valence-corrected chi connectivity index (χ4v) is 2.31. The molecule has 1 amide bonds. The van der Waals surface area contributed by atoms with Crippen LogP contribution in [0.25, 0.3) is 10.8 Å². The van der Waals surface area contributed by atoms with E-state index in [1.807, 2.05) is 42.5 Å². The van der Waals surface area contributed by atoms with Crippen molar-refractivity contribution in [1.82, 2.24) is 5.43 Å². The Kier molecular flexibility index (Phi) is 5.19. The van der Waals surface area contributed by atoms with E-state index in [2.05, 4.69) is 10.5 Å². The standard InChI is InChI=1S/C19H15N3O4/c23-19(13-26-18-9-7-17(8-10-18)22(24)25)21-20-12-14-5-6-15-3-1-2-4-16(15)11-14/h1-12H,13H2,(H,21,23)/b20-12-. The molecule has 7 nitrogen and oxygen atoms in total. The molecule has 0 heterocycles. The van der Waals surface area contributed by atoms with Crippen LogP contribution in [0.2, 0.25) is 0 Å². The Hall–Kier alpha value is -3.74. The number of rotatable bonds is 6. The predicted octanol–water partition coefficient (Wildman–Crippen LogP) is 3.28. The van der Waals surface area contributed by atoms with E-state index in [1.165, 1.54) is 24.3 Å². The molecular formula is C19H15N3O4. The second kappa shape index (κ2) is 7.89. The Morgan fingerprint density at radius 2 is 1.81 bits per heavy atom. The summed E-state index contributed by atoms with van der Waals surface area (Å²) in [5, 5.41) is 16.7. The van der Waals surface area contributed by atoms with Gasteiger partial charge in [0.1, 0.15) is 5.75 Å². The van der Waals surface area contributed by atoms with E-state index in [4.69, 9.17) is 4.74 Å². The summed E-state index contributed by atoms with van der Waals surface area (Å²) < 4.78 is 5.25. The van der Waals surface area contributed by atoms with Crippen LogP contribution in [0, 0.1) is 10.1 Å². The van der Waals surface area contributed by atoms with E-state index in [1.54, 1.807) is 6.21 Å². The van der Waals surface area contributed by atoms with Crippen LogP contribution in [0.1, 0.15) is 5.56 Å². The first-order valence-corrected chi connectivity index (χ1v) is 7.80. The van der Waals surface area contributed by atoms with E-state index in [-0.39, 0.29) is 12.3 Å². The van der Waals surface area contributed by atoms with Gasteiger partial charge in [-0.1, -0.05) is 36.4 Å². The average molecular weight is 349 g/mol. The van der Waals surface area contributed by atoms with Crippen molar-refractivity contribution in [2.45, 2.75) is 0 Å². The molecule has 26 heavy (non-hydrogen) atoms. The number of nitrogens with zero attached hydrogens (tertiary/aromatic N) is 2. The minimum Gasteiger partial charge on any atom is -0.484 e. The molecule has 0 fully saturated rings. The minimum absolute atomic E-state index is 0.0400. The maximum absolute atomic E-state index is 11.7. The van der Waals surface area contributed by atoms with E-state index in [0.717, 1.165) is 16.3 Å². The number of amides is 1. The van der Waals surface area contributed by atoms with Gasteiger partial charge in [0.2, 0.25) is 0 Å². The van der Waals surface area contributed by atoms with Gasteiger partial charge in [0.05, 0.1) is 11.1 Å². The minimum atomic E-state index is -0.502. The molecule has 7 heteroatoms. The van der Waals surface area contributed by atoms with E-state index >= 15 is 0 Å². The summed E-state index contributed by atoms with van der Waals surface area (Å²) in [6, 6.07) is 19.3. The van der Waals surface area contributed by atoms with Crippen LogP contribution in [0.15, 0.2) is 71.8 Å². The molecule has 0 spiro atoms. The molecule has 0 unspecified atom stereocenters. The Balaban J connectivity index is 1.51. The van der Waals surface area contributed by atoms with Crippen LogP contribution in [-0.2, 0) is 4.79 Å². The van der Waals surface area contributed by atoms with Crippen molar-refractivity contribution in [3.63, 3.8) is 0 Å². The number of benzene rings is 3. The van der Waals surface area contributed by atoms with Crippen LogP contribution < -0.4 is 10.2 Å². The van der Waals surface area contributed by atoms with Crippen molar-refractivity contribution in [2.24, 2.45) is 5.10 Å². The Labute approximate surface area is 149 Å². The molecule has 0 bridgehead atoms. The molecule has 130 valence electrons. The van der Waals surface area contributed by atoms with Crippen molar-refractivity contribution in [3.8, 4) is 5.75 Å². The Morgan fingerprint density at radius 1 is 1.08 bits per heavy atom. The number of nitro groups is 1. The lowest BCUT2D eigenvalue weighted by Gasteiger charge is -2.04. The third kappa shape index (κ3) is 4.41. The zero-order valence-electron chi connectivity index (χ0n) is 13.7. The Morgan fingerprint density at radius 3 is 2.54 bits per heavy atom. The molecule has 3 aromatic rings. The molecule has 3 aromatic carbocycles. The Bertz CT molecular complexity index is 968. The first-order chi connectivity index (χ1) is 12.6. The van der Waals surface area contributed by atoms with Gasteiger partial charge in [0.15, 0.2) is 6.61 Å². The topological polar surface area (TPSA) is 93.8 Å². The fraction of sp³-hybridized carbons (Fsp3) is 0.0526. The summed E-state index contributed by atoms with van der Waals surface area (Å²) in [5.41, 5.74) is 3.20. The quantitative estimate of drug-likeness (QED) is 0.420. The van der Waals surface area contributed by atoms with Gasteiger partial charge in [-0.25, -0.2) is 5.43 Å². The monoisotopic (exact) mass is 349 g/mol. The number of nitro benzene ring substituents is 1. The number of carbonyl (C=O) groups is 1. The maximum Gasteiger partial charge on any atom is 0.277 e. The summed E-state index contributed by atoms with van der Waals surface area (Å²) in [5.74, 6) is -0.0651. The lowest BCUT2D eigenvalue weighted by atomic mass is 10.1. The maximum atomic E-state index is 11.7. The number of non-ortho nitro benzene ring substituents is 1. The third-order valence-corrected chi connectivity index (χ3v) is 3.59. The first-order valence-electron chi connectivity index (χ1n) is 7.80. The number of nitrogens with one attached hydrogen (secondary N) is 1. The van der Waals surface area contributed by atoms with Gasteiger partial charge in [-0.2, -0.15) is 5.10 Å². The van der Waals surface area contributed by atoms with E-state index < -0.39 is 10.8 Å². The molecule has 0 aromatic heterocycles. The zero-order valence-corrected chi connectivity index (χ0v) is 13.7. The lowest BCUT2D eigenvalue weighted by molar-refractivity contribution is -0.384. The van der Waals surface area contributed by atoms with Crippen LogP contribution in [0.3, 0.4) is 0 Å². The van der Waals surface area contributed by atoms with Gasteiger partial charge < -0.3 is 4.74 Å².